The molecule has 106 valence electrons. The van der Waals surface area contributed by atoms with Gasteiger partial charge in [-0.1, -0.05) is 6.07 Å². The molecule has 1 saturated heterocycles. The van der Waals surface area contributed by atoms with Gasteiger partial charge in [0.1, 0.15) is 0 Å². The molecule has 1 aromatic carbocycles. The molecule has 0 amide bonds. The van der Waals surface area contributed by atoms with Gasteiger partial charge in [-0.3, -0.25) is 0 Å². The fourth-order valence-electron chi connectivity index (χ4n) is 3.11. The van der Waals surface area contributed by atoms with E-state index >= 15 is 0 Å². The van der Waals surface area contributed by atoms with Crippen LogP contribution in [-0.4, -0.2) is 13.1 Å². The quantitative estimate of drug-likeness (QED) is 0.853. The lowest BCUT2D eigenvalue weighted by molar-refractivity contribution is -0.0764. The average Bonchev–Trinajstić information content (AvgIpc) is 2.37. The Balaban J connectivity index is 2.50. The highest BCUT2D eigenvalue weighted by atomic mass is 19.3. The predicted molar refractivity (Wildman–Crippen MR) is 74.9 cm³/mol. The van der Waals surface area contributed by atoms with Crippen LogP contribution in [0.5, 0.6) is 0 Å². The highest BCUT2D eigenvalue weighted by Crippen LogP contribution is 2.44. The van der Waals surface area contributed by atoms with E-state index in [1.807, 2.05) is 33.8 Å². The Bertz CT molecular complexity index is 448. The summed E-state index contributed by atoms with van der Waals surface area (Å²) < 4.78 is 29.8. The monoisotopic (exact) mass is 267 g/mol. The first-order valence-corrected chi connectivity index (χ1v) is 7.02. The molecule has 0 aliphatic carbocycles. The van der Waals surface area contributed by atoms with Gasteiger partial charge in [0.05, 0.1) is 0 Å². The lowest BCUT2D eigenvalue weighted by atomic mass is 9.81. The number of halogens is 2. The van der Waals surface area contributed by atoms with Gasteiger partial charge in [0.2, 0.25) is 0 Å². The van der Waals surface area contributed by atoms with Crippen LogP contribution in [0.4, 0.5) is 8.78 Å². The van der Waals surface area contributed by atoms with Crippen LogP contribution in [0.1, 0.15) is 40.7 Å². The zero-order valence-corrected chi connectivity index (χ0v) is 12.2. The molecule has 0 unspecified atom stereocenters. The highest BCUT2D eigenvalue weighted by Gasteiger charge is 2.43. The molecule has 0 radical (unpaired) electrons. The number of hydrogen-bond acceptors (Lipinski definition) is 1. The third kappa shape index (κ3) is 2.53. The standard InChI is InChI=1S/C16H23F2N/c1-10-9-11(2)13(4)15(12(10)3)16(17,18)14-5-7-19-8-6-14/h9,14,19H,5-8H2,1-4H3. The Morgan fingerprint density at radius 2 is 1.47 bits per heavy atom. The molecule has 19 heavy (non-hydrogen) atoms. The Morgan fingerprint density at radius 3 is 1.95 bits per heavy atom. The number of rotatable bonds is 2. The van der Waals surface area contributed by atoms with Crippen molar-refractivity contribution < 1.29 is 8.78 Å². The second kappa shape index (κ2) is 5.20. The lowest BCUT2D eigenvalue weighted by Crippen LogP contribution is -2.37. The van der Waals surface area contributed by atoms with E-state index in [0.717, 1.165) is 22.3 Å². The van der Waals surface area contributed by atoms with Gasteiger partial charge in [0, 0.05) is 11.5 Å². The molecular formula is C16H23F2N. The minimum atomic E-state index is -2.72. The van der Waals surface area contributed by atoms with Crippen LogP contribution >= 0.6 is 0 Å². The maximum absolute atomic E-state index is 14.9. The smallest absolute Gasteiger partial charge is 0.276 e. The molecule has 0 atom stereocenters. The third-order valence-electron chi connectivity index (χ3n) is 4.55. The normalized spacial score (nSPS) is 17.8. The SMILES string of the molecule is Cc1cc(C)c(C)c(C(F)(F)C2CCNCC2)c1C. The van der Waals surface area contributed by atoms with Crippen molar-refractivity contribution in [3.05, 3.63) is 33.9 Å². The summed E-state index contributed by atoms with van der Waals surface area (Å²) in [5.41, 5.74) is 3.72. The Labute approximate surface area is 114 Å². The van der Waals surface area contributed by atoms with Crippen LogP contribution in [-0.2, 0) is 5.92 Å². The minimum absolute atomic E-state index is 0.275. The van der Waals surface area contributed by atoms with Crippen molar-refractivity contribution in [3.8, 4) is 0 Å². The third-order valence-corrected chi connectivity index (χ3v) is 4.55. The molecule has 0 spiro atoms. The minimum Gasteiger partial charge on any atom is -0.317 e. The van der Waals surface area contributed by atoms with Crippen molar-refractivity contribution in [3.63, 3.8) is 0 Å². The molecule has 3 heteroatoms. The van der Waals surface area contributed by atoms with E-state index < -0.39 is 11.8 Å². The molecule has 1 heterocycles. The van der Waals surface area contributed by atoms with Crippen molar-refractivity contribution >= 4 is 0 Å². The molecule has 1 fully saturated rings. The molecule has 1 aromatic rings. The second-order valence-electron chi connectivity index (χ2n) is 5.78. The van der Waals surface area contributed by atoms with E-state index in [1.54, 1.807) is 0 Å². The number of aryl methyl sites for hydroxylation is 2. The molecular weight excluding hydrogens is 244 g/mol. The molecule has 1 nitrogen and oxygen atoms in total. The van der Waals surface area contributed by atoms with E-state index in [1.165, 1.54) is 0 Å². The van der Waals surface area contributed by atoms with Crippen LogP contribution < -0.4 is 5.32 Å². The topological polar surface area (TPSA) is 12.0 Å². The Hall–Kier alpha value is -0.960. The molecule has 2 rings (SSSR count). The average molecular weight is 267 g/mol. The number of alkyl halides is 2. The summed E-state index contributed by atoms with van der Waals surface area (Å²) in [5, 5.41) is 3.16. The van der Waals surface area contributed by atoms with E-state index in [2.05, 4.69) is 5.32 Å². The first-order valence-electron chi connectivity index (χ1n) is 7.02. The summed E-state index contributed by atoms with van der Waals surface area (Å²) in [6, 6.07) is 2.01. The predicted octanol–water partition coefficient (Wildman–Crippen LogP) is 4.01. The zero-order valence-electron chi connectivity index (χ0n) is 12.2. The first kappa shape index (κ1) is 14.4. The van der Waals surface area contributed by atoms with Crippen LogP contribution in [0.3, 0.4) is 0 Å². The number of benzene rings is 1. The second-order valence-corrected chi connectivity index (χ2v) is 5.78. The van der Waals surface area contributed by atoms with Crippen molar-refractivity contribution in [2.45, 2.75) is 46.5 Å². The molecule has 1 N–H and O–H groups in total. The summed E-state index contributed by atoms with van der Waals surface area (Å²) in [6.45, 7) is 8.89. The highest BCUT2D eigenvalue weighted by molar-refractivity contribution is 5.46. The fraction of sp³-hybridized carbons (Fsp3) is 0.625. The molecule has 1 aliphatic rings. The molecule has 0 aromatic heterocycles. The maximum Gasteiger partial charge on any atom is 0.276 e. The van der Waals surface area contributed by atoms with Crippen molar-refractivity contribution in [1.29, 1.82) is 0 Å². The van der Waals surface area contributed by atoms with Gasteiger partial charge in [-0.15, -0.1) is 0 Å². The van der Waals surface area contributed by atoms with Crippen LogP contribution in [0, 0.1) is 33.6 Å². The van der Waals surface area contributed by atoms with E-state index in [0.29, 0.717) is 25.9 Å². The van der Waals surface area contributed by atoms with Crippen LogP contribution in [0.15, 0.2) is 6.07 Å². The maximum atomic E-state index is 14.9. The van der Waals surface area contributed by atoms with Crippen molar-refractivity contribution in [2.75, 3.05) is 13.1 Å². The van der Waals surface area contributed by atoms with Crippen molar-refractivity contribution in [1.82, 2.24) is 5.32 Å². The Kier molecular flexibility index (Phi) is 3.95. The lowest BCUT2D eigenvalue weighted by Gasteiger charge is -2.33. The van der Waals surface area contributed by atoms with Crippen LogP contribution in [0.25, 0.3) is 0 Å². The van der Waals surface area contributed by atoms with E-state index in [-0.39, 0.29) is 5.56 Å². The zero-order chi connectivity index (χ0) is 14.2. The summed E-state index contributed by atoms with van der Waals surface area (Å²) in [4.78, 5) is 0. The first-order chi connectivity index (χ1) is 8.85. The van der Waals surface area contributed by atoms with Gasteiger partial charge in [0.15, 0.2) is 0 Å². The summed E-state index contributed by atoms with van der Waals surface area (Å²) in [7, 11) is 0. The summed E-state index contributed by atoms with van der Waals surface area (Å²) in [5.74, 6) is -3.25. The summed E-state index contributed by atoms with van der Waals surface area (Å²) in [6.07, 6.45) is 1.11. The molecule has 1 aliphatic heterocycles. The molecule has 0 bridgehead atoms. The van der Waals surface area contributed by atoms with Gasteiger partial charge in [-0.05, 0) is 75.9 Å². The van der Waals surface area contributed by atoms with Crippen molar-refractivity contribution in [2.24, 2.45) is 5.92 Å². The molecule has 0 saturated carbocycles. The van der Waals surface area contributed by atoms with Crippen LogP contribution in [0.2, 0.25) is 0 Å². The van der Waals surface area contributed by atoms with Gasteiger partial charge in [-0.25, -0.2) is 8.78 Å². The van der Waals surface area contributed by atoms with Gasteiger partial charge < -0.3 is 5.32 Å². The number of nitrogens with one attached hydrogen (secondary N) is 1. The van der Waals surface area contributed by atoms with E-state index in [9.17, 15) is 8.78 Å². The number of piperidine rings is 1. The largest absolute Gasteiger partial charge is 0.317 e. The van der Waals surface area contributed by atoms with E-state index in [4.69, 9.17) is 0 Å². The van der Waals surface area contributed by atoms with Gasteiger partial charge in [-0.2, -0.15) is 0 Å². The summed E-state index contributed by atoms with van der Waals surface area (Å²) >= 11 is 0. The Morgan fingerprint density at radius 1 is 1.00 bits per heavy atom. The number of hydrogen-bond donors (Lipinski definition) is 1. The van der Waals surface area contributed by atoms with Gasteiger partial charge >= 0.3 is 0 Å². The fourth-order valence-corrected chi connectivity index (χ4v) is 3.11. The van der Waals surface area contributed by atoms with Gasteiger partial charge in [0.25, 0.3) is 5.92 Å².